The van der Waals surface area contributed by atoms with Crippen molar-refractivity contribution in [2.24, 2.45) is 0 Å². The first-order chi connectivity index (χ1) is 8.66. The van der Waals surface area contributed by atoms with Crippen LogP contribution < -0.4 is 10.6 Å². The number of benzene rings is 1. The summed E-state index contributed by atoms with van der Waals surface area (Å²) in [6.45, 7) is 3.38. The Morgan fingerprint density at radius 2 is 2.33 bits per heavy atom. The van der Waals surface area contributed by atoms with Crippen molar-refractivity contribution in [3.8, 4) is 0 Å². The van der Waals surface area contributed by atoms with Gasteiger partial charge in [-0.05, 0) is 25.0 Å². The number of nitrogens with one attached hydrogen (secondary N) is 2. The first-order valence-electron chi connectivity index (χ1n) is 6.41. The minimum atomic E-state index is -0.201. The molecule has 2 atom stereocenters. The zero-order chi connectivity index (χ0) is 12.6. The summed E-state index contributed by atoms with van der Waals surface area (Å²) in [7, 11) is 0. The van der Waals surface area contributed by atoms with Crippen LogP contribution in [0.1, 0.15) is 18.9 Å². The maximum Gasteiger partial charge on any atom is 0.243 e. The molecule has 0 saturated carbocycles. The molecule has 2 heterocycles. The molecule has 0 aromatic heterocycles. The smallest absolute Gasteiger partial charge is 0.243 e. The quantitative estimate of drug-likeness (QED) is 0.827. The molecule has 0 radical (unpaired) electrons. The van der Waals surface area contributed by atoms with E-state index in [9.17, 15) is 4.79 Å². The van der Waals surface area contributed by atoms with Crippen LogP contribution in [0.4, 0.5) is 5.69 Å². The third-order valence-corrected chi connectivity index (χ3v) is 3.73. The first kappa shape index (κ1) is 11.5. The number of hydrogen-bond acceptors (Lipinski definition) is 3. The maximum atomic E-state index is 12.2. The molecular weight excluding hydrogens is 228 g/mol. The van der Waals surface area contributed by atoms with Crippen LogP contribution in [0.5, 0.6) is 0 Å². The molecule has 2 unspecified atom stereocenters. The second-order valence-electron chi connectivity index (χ2n) is 5.41. The minimum absolute atomic E-state index is 0.0687. The summed E-state index contributed by atoms with van der Waals surface area (Å²) in [5, 5.41) is 6.38. The lowest BCUT2D eigenvalue weighted by Gasteiger charge is -2.25. The van der Waals surface area contributed by atoms with Crippen molar-refractivity contribution < 1.29 is 9.53 Å². The number of hydrogen-bond donors (Lipinski definition) is 2. The van der Waals surface area contributed by atoms with Gasteiger partial charge in [0.15, 0.2) is 0 Å². The predicted octanol–water partition coefficient (Wildman–Crippen LogP) is 1.32. The Kier molecular flexibility index (Phi) is 2.74. The maximum absolute atomic E-state index is 12.2. The fourth-order valence-electron chi connectivity index (χ4n) is 2.61. The fourth-order valence-corrected chi connectivity index (χ4v) is 2.61. The van der Waals surface area contributed by atoms with Gasteiger partial charge in [-0.3, -0.25) is 4.79 Å². The summed E-state index contributed by atoms with van der Waals surface area (Å²) in [4.78, 5) is 12.2. The number of carbonyl (C=O) groups is 1. The Morgan fingerprint density at radius 3 is 3.06 bits per heavy atom. The van der Waals surface area contributed by atoms with Gasteiger partial charge in [-0.1, -0.05) is 18.2 Å². The van der Waals surface area contributed by atoms with E-state index in [0.29, 0.717) is 6.61 Å². The molecule has 3 rings (SSSR count). The highest BCUT2D eigenvalue weighted by Gasteiger charge is 2.35. The average Bonchev–Trinajstić information content (AvgIpc) is 2.95. The third kappa shape index (κ3) is 2.08. The highest BCUT2D eigenvalue weighted by Crippen LogP contribution is 2.26. The minimum Gasteiger partial charge on any atom is -0.379 e. The summed E-state index contributed by atoms with van der Waals surface area (Å²) >= 11 is 0. The van der Waals surface area contributed by atoms with Crippen molar-refractivity contribution in [3.05, 3.63) is 29.8 Å². The molecule has 1 saturated heterocycles. The Bertz CT molecular complexity index is 442. The molecule has 1 amide bonds. The molecule has 4 nitrogen and oxygen atoms in total. The van der Waals surface area contributed by atoms with E-state index >= 15 is 0 Å². The van der Waals surface area contributed by atoms with Crippen LogP contribution >= 0.6 is 0 Å². The topological polar surface area (TPSA) is 50.4 Å². The van der Waals surface area contributed by atoms with Crippen LogP contribution in [-0.2, 0) is 16.0 Å². The Hall–Kier alpha value is -1.55. The molecule has 1 fully saturated rings. The summed E-state index contributed by atoms with van der Waals surface area (Å²) < 4.78 is 5.35. The Labute approximate surface area is 107 Å². The molecule has 1 aromatic carbocycles. The van der Waals surface area contributed by atoms with E-state index in [-0.39, 0.29) is 17.5 Å². The van der Waals surface area contributed by atoms with Gasteiger partial charge in [-0.15, -0.1) is 0 Å². The number of amides is 1. The third-order valence-electron chi connectivity index (χ3n) is 3.73. The van der Waals surface area contributed by atoms with E-state index in [2.05, 4.69) is 16.7 Å². The zero-order valence-electron chi connectivity index (χ0n) is 10.5. The molecule has 18 heavy (non-hydrogen) atoms. The first-order valence-corrected chi connectivity index (χ1v) is 6.41. The summed E-state index contributed by atoms with van der Waals surface area (Å²) in [6.07, 6.45) is 1.65. The highest BCUT2D eigenvalue weighted by molar-refractivity contribution is 5.87. The monoisotopic (exact) mass is 246 g/mol. The van der Waals surface area contributed by atoms with Gasteiger partial charge in [0.1, 0.15) is 6.04 Å². The number of carbonyl (C=O) groups excluding carboxylic acids is 1. The van der Waals surface area contributed by atoms with Crippen molar-refractivity contribution in [2.75, 3.05) is 18.5 Å². The van der Waals surface area contributed by atoms with Crippen LogP contribution in [0.3, 0.4) is 0 Å². The normalized spacial score (nSPS) is 29.7. The van der Waals surface area contributed by atoms with Gasteiger partial charge >= 0.3 is 0 Å². The number of ether oxygens (including phenoxy) is 1. The summed E-state index contributed by atoms with van der Waals surface area (Å²) in [5.41, 5.74) is 2.09. The van der Waals surface area contributed by atoms with Crippen LogP contribution in [0.2, 0.25) is 0 Å². The molecule has 2 aliphatic rings. The SMILES string of the molecule is CC1(NC(=O)C2Cc3ccccc3N2)CCOC1. The number of fused-ring (bicyclic) bond motifs is 1. The lowest BCUT2D eigenvalue weighted by Crippen LogP contribution is -2.51. The van der Waals surface area contributed by atoms with Crippen LogP contribution in [0.15, 0.2) is 24.3 Å². The molecule has 0 aliphatic carbocycles. The van der Waals surface area contributed by atoms with Gasteiger partial charge in [0.05, 0.1) is 12.1 Å². The van der Waals surface area contributed by atoms with Gasteiger partial charge in [0.2, 0.25) is 5.91 Å². The number of para-hydroxylation sites is 1. The van der Waals surface area contributed by atoms with Gasteiger partial charge in [-0.25, -0.2) is 0 Å². The van der Waals surface area contributed by atoms with Crippen molar-refractivity contribution in [1.82, 2.24) is 5.32 Å². The number of rotatable bonds is 2. The van der Waals surface area contributed by atoms with Crippen molar-refractivity contribution in [2.45, 2.75) is 31.3 Å². The van der Waals surface area contributed by atoms with Gasteiger partial charge in [0.25, 0.3) is 0 Å². The van der Waals surface area contributed by atoms with Gasteiger partial charge < -0.3 is 15.4 Å². The molecule has 4 heteroatoms. The van der Waals surface area contributed by atoms with Gasteiger partial charge in [-0.2, -0.15) is 0 Å². The lowest BCUT2D eigenvalue weighted by molar-refractivity contribution is -0.123. The van der Waals surface area contributed by atoms with E-state index < -0.39 is 0 Å². The van der Waals surface area contributed by atoms with Crippen LogP contribution in [-0.4, -0.2) is 30.7 Å². The summed E-state index contributed by atoms with van der Waals surface area (Å²) in [5.74, 6) is 0.0687. The predicted molar refractivity (Wildman–Crippen MR) is 69.5 cm³/mol. The van der Waals surface area contributed by atoms with E-state index in [0.717, 1.165) is 25.1 Å². The second kappa shape index (κ2) is 4.28. The van der Waals surface area contributed by atoms with Crippen molar-refractivity contribution in [3.63, 3.8) is 0 Å². The standard InChI is InChI=1S/C14H18N2O2/c1-14(6-7-18-9-14)16-13(17)12-8-10-4-2-3-5-11(10)15-12/h2-5,12,15H,6-9H2,1H3,(H,16,17). The second-order valence-corrected chi connectivity index (χ2v) is 5.41. The Balaban J connectivity index is 1.65. The van der Waals surface area contributed by atoms with E-state index in [4.69, 9.17) is 4.74 Å². The molecule has 2 N–H and O–H groups in total. The molecule has 0 bridgehead atoms. The summed E-state index contributed by atoms with van der Waals surface area (Å²) in [6, 6.07) is 7.92. The molecule has 2 aliphatic heterocycles. The van der Waals surface area contributed by atoms with Crippen LogP contribution in [0.25, 0.3) is 0 Å². The number of anilines is 1. The van der Waals surface area contributed by atoms with Crippen LogP contribution in [0, 0.1) is 0 Å². The van der Waals surface area contributed by atoms with E-state index in [1.165, 1.54) is 5.56 Å². The molecule has 0 spiro atoms. The molecule has 96 valence electrons. The lowest BCUT2D eigenvalue weighted by atomic mass is 10.0. The fraction of sp³-hybridized carbons (Fsp3) is 0.500. The highest BCUT2D eigenvalue weighted by atomic mass is 16.5. The van der Waals surface area contributed by atoms with E-state index in [1.807, 2.05) is 25.1 Å². The largest absolute Gasteiger partial charge is 0.379 e. The van der Waals surface area contributed by atoms with Gasteiger partial charge in [0, 0.05) is 18.7 Å². The van der Waals surface area contributed by atoms with Crippen molar-refractivity contribution >= 4 is 11.6 Å². The molecule has 1 aromatic rings. The van der Waals surface area contributed by atoms with E-state index in [1.54, 1.807) is 0 Å². The average molecular weight is 246 g/mol. The Morgan fingerprint density at radius 1 is 1.50 bits per heavy atom. The molecular formula is C14H18N2O2. The van der Waals surface area contributed by atoms with Crippen molar-refractivity contribution in [1.29, 1.82) is 0 Å². The zero-order valence-corrected chi connectivity index (χ0v) is 10.5.